The van der Waals surface area contributed by atoms with Crippen LogP contribution in [0, 0.1) is 5.82 Å². The average molecular weight is 194 g/mol. The van der Waals surface area contributed by atoms with E-state index >= 15 is 0 Å². The van der Waals surface area contributed by atoms with E-state index in [0.29, 0.717) is 18.8 Å². The molecule has 0 aliphatic rings. The molecule has 0 aliphatic heterocycles. The molecular weight excluding hydrogens is 179 g/mol. The molecule has 0 radical (unpaired) electrons. The van der Waals surface area contributed by atoms with Crippen LogP contribution in [-0.2, 0) is 0 Å². The minimum atomic E-state index is -0.222. The zero-order chi connectivity index (χ0) is 10.6. The summed E-state index contributed by atoms with van der Waals surface area (Å²) in [5.41, 5.74) is 6.87. The fourth-order valence-corrected chi connectivity index (χ4v) is 1.25. The van der Waals surface area contributed by atoms with Gasteiger partial charge in [-0.3, -0.25) is 0 Å². The van der Waals surface area contributed by atoms with E-state index in [0.717, 1.165) is 5.57 Å². The standard InChI is InChI=1S/C11H15FN2/c1-9(7-13)8-14(2)11-6-4-3-5-10(11)12/h3-6H,1,7-8,13H2,2H3. The van der Waals surface area contributed by atoms with Gasteiger partial charge < -0.3 is 10.6 Å². The maximum Gasteiger partial charge on any atom is 0.146 e. The second kappa shape index (κ2) is 4.77. The Bertz CT molecular complexity index is 323. The molecule has 1 rings (SSSR count). The molecule has 0 aromatic heterocycles. The lowest BCUT2D eigenvalue weighted by molar-refractivity contribution is 0.624. The maximum atomic E-state index is 13.3. The summed E-state index contributed by atoms with van der Waals surface area (Å²) in [5.74, 6) is -0.222. The van der Waals surface area contributed by atoms with Gasteiger partial charge in [0.1, 0.15) is 5.82 Å². The van der Waals surface area contributed by atoms with E-state index in [2.05, 4.69) is 6.58 Å². The third-order valence-electron chi connectivity index (χ3n) is 2.01. The first-order valence-electron chi connectivity index (χ1n) is 4.47. The van der Waals surface area contributed by atoms with Gasteiger partial charge in [-0.25, -0.2) is 4.39 Å². The number of hydrogen-bond acceptors (Lipinski definition) is 2. The van der Waals surface area contributed by atoms with Crippen molar-refractivity contribution in [1.29, 1.82) is 0 Å². The number of para-hydroxylation sites is 1. The van der Waals surface area contributed by atoms with Crippen LogP contribution in [0.4, 0.5) is 10.1 Å². The van der Waals surface area contributed by atoms with Gasteiger partial charge in [0.2, 0.25) is 0 Å². The summed E-state index contributed by atoms with van der Waals surface area (Å²) in [4.78, 5) is 1.80. The van der Waals surface area contributed by atoms with Crippen LogP contribution in [-0.4, -0.2) is 20.1 Å². The predicted octanol–water partition coefficient (Wildman–Crippen LogP) is 1.78. The lowest BCUT2D eigenvalue weighted by atomic mass is 10.2. The molecule has 0 aliphatic carbocycles. The zero-order valence-electron chi connectivity index (χ0n) is 8.33. The van der Waals surface area contributed by atoms with Gasteiger partial charge in [0, 0.05) is 20.1 Å². The third-order valence-corrected chi connectivity index (χ3v) is 2.01. The molecule has 2 N–H and O–H groups in total. The van der Waals surface area contributed by atoms with Crippen LogP contribution >= 0.6 is 0 Å². The number of halogens is 1. The monoisotopic (exact) mass is 194 g/mol. The molecule has 0 unspecified atom stereocenters. The molecule has 0 bridgehead atoms. The van der Waals surface area contributed by atoms with Gasteiger partial charge in [0.15, 0.2) is 0 Å². The average Bonchev–Trinajstić information content (AvgIpc) is 2.18. The molecule has 0 amide bonds. The van der Waals surface area contributed by atoms with E-state index in [-0.39, 0.29) is 5.82 Å². The van der Waals surface area contributed by atoms with Crippen molar-refractivity contribution in [2.45, 2.75) is 0 Å². The summed E-state index contributed by atoms with van der Waals surface area (Å²) in [6.45, 7) is 4.79. The van der Waals surface area contributed by atoms with Gasteiger partial charge in [-0.1, -0.05) is 18.7 Å². The van der Waals surface area contributed by atoms with Crippen molar-refractivity contribution >= 4 is 5.69 Å². The van der Waals surface area contributed by atoms with Crippen LogP contribution in [0.1, 0.15) is 0 Å². The van der Waals surface area contributed by atoms with E-state index < -0.39 is 0 Å². The number of benzene rings is 1. The van der Waals surface area contributed by atoms with Gasteiger partial charge in [0.05, 0.1) is 5.69 Å². The van der Waals surface area contributed by atoms with Gasteiger partial charge in [0.25, 0.3) is 0 Å². The minimum absolute atomic E-state index is 0.222. The Kier molecular flexibility index (Phi) is 3.65. The van der Waals surface area contributed by atoms with E-state index in [9.17, 15) is 4.39 Å². The van der Waals surface area contributed by atoms with Crippen LogP contribution in [0.5, 0.6) is 0 Å². The summed E-state index contributed by atoms with van der Waals surface area (Å²) in [6, 6.07) is 6.65. The van der Waals surface area contributed by atoms with Crippen molar-refractivity contribution in [3.05, 3.63) is 42.2 Å². The lowest BCUT2D eigenvalue weighted by Gasteiger charge is -2.20. The smallest absolute Gasteiger partial charge is 0.146 e. The number of likely N-dealkylation sites (N-methyl/N-ethyl adjacent to an activating group) is 1. The largest absolute Gasteiger partial charge is 0.368 e. The van der Waals surface area contributed by atoms with E-state index in [1.807, 2.05) is 7.05 Å². The Morgan fingerprint density at radius 3 is 2.71 bits per heavy atom. The number of nitrogens with two attached hydrogens (primary N) is 1. The highest BCUT2D eigenvalue weighted by Gasteiger charge is 2.06. The first-order valence-corrected chi connectivity index (χ1v) is 4.47. The predicted molar refractivity (Wildman–Crippen MR) is 57.9 cm³/mol. The first kappa shape index (κ1) is 10.7. The lowest BCUT2D eigenvalue weighted by Crippen LogP contribution is -2.23. The Labute approximate surface area is 83.8 Å². The maximum absolute atomic E-state index is 13.3. The molecule has 3 heteroatoms. The van der Waals surface area contributed by atoms with Crippen molar-refractivity contribution in [2.75, 3.05) is 25.0 Å². The summed E-state index contributed by atoms with van der Waals surface area (Å²) < 4.78 is 13.3. The third kappa shape index (κ3) is 2.57. The molecule has 1 aromatic rings. The highest BCUT2D eigenvalue weighted by molar-refractivity contribution is 5.47. The van der Waals surface area contributed by atoms with Crippen LogP contribution < -0.4 is 10.6 Å². The van der Waals surface area contributed by atoms with Gasteiger partial charge in [-0.05, 0) is 17.7 Å². The quantitative estimate of drug-likeness (QED) is 0.740. The highest BCUT2D eigenvalue weighted by Crippen LogP contribution is 2.17. The Morgan fingerprint density at radius 2 is 2.14 bits per heavy atom. The summed E-state index contributed by atoms with van der Waals surface area (Å²) in [6.07, 6.45) is 0. The fourth-order valence-electron chi connectivity index (χ4n) is 1.25. The topological polar surface area (TPSA) is 29.3 Å². The van der Waals surface area contributed by atoms with Gasteiger partial charge in [-0.2, -0.15) is 0 Å². The minimum Gasteiger partial charge on any atom is -0.368 e. The molecule has 0 fully saturated rings. The van der Waals surface area contributed by atoms with Crippen LogP contribution in [0.15, 0.2) is 36.4 Å². The van der Waals surface area contributed by atoms with E-state index in [1.54, 1.807) is 23.1 Å². The second-order valence-electron chi connectivity index (χ2n) is 3.26. The van der Waals surface area contributed by atoms with Gasteiger partial charge in [-0.15, -0.1) is 0 Å². The molecule has 14 heavy (non-hydrogen) atoms. The molecule has 76 valence electrons. The summed E-state index contributed by atoms with van der Waals surface area (Å²) in [5, 5.41) is 0. The SMILES string of the molecule is C=C(CN)CN(C)c1ccccc1F. The number of anilines is 1. The molecule has 0 spiro atoms. The number of rotatable bonds is 4. The first-order chi connectivity index (χ1) is 6.65. The molecule has 0 atom stereocenters. The van der Waals surface area contributed by atoms with E-state index in [4.69, 9.17) is 5.73 Å². The molecule has 1 aromatic carbocycles. The Balaban J connectivity index is 2.74. The summed E-state index contributed by atoms with van der Waals surface area (Å²) >= 11 is 0. The van der Waals surface area contributed by atoms with Crippen LogP contribution in [0.2, 0.25) is 0 Å². The number of nitrogens with zero attached hydrogens (tertiary/aromatic N) is 1. The number of hydrogen-bond donors (Lipinski definition) is 1. The Morgan fingerprint density at radius 1 is 1.50 bits per heavy atom. The van der Waals surface area contributed by atoms with Crippen molar-refractivity contribution in [2.24, 2.45) is 5.73 Å². The second-order valence-corrected chi connectivity index (χ2v) is 3.26. The molecule has 0 heterocycles. The highest BCUT2D eigenvalue weighted by atomic mass is 19.1. The molecule has 0 saturated heterocycles. The van der Waals surface area contributed by atoms with Crippen molar-refractivity contribution < 1.29 is 4.39 Å². The van der Waals surface area contributed by atoms with Gasteiger partial charge >= 0.3 is 0 Å². The van der Waals surface area contributed by atoms with Crippen molar-refractivity contribution in [1.82, 2.24) is 0 Å². The Hall–Kier alpha value is -1.35. The van der Waals surface area contributed by atoms with Crippen LogP contribution in [0.3, 0.4) is 0 Å². The van der Waals surface area contributed by atoms with Crippen LogP contribution in [0.25, 0.3) is 0 Å². The molecule has 2 nitrogen and oxygen atoms in total. The molecule has 0 saturated carbocycles. The van der Waals surface area contributed by atoms with Crippen molar-refractivity contribution in [3.63, 3.8) is 0 Å². The fraction of sp³-hybridized carbons (Fsp3) is 0.273. The zero-order valence-corrected chi connectivity index (χ0v) is 8.33. The van der Waals surface area contributed by atoms with Crippen molar-refractivity contribution in [3.8, 4) is 0 Å². The van der Waals surface area contributed by atoms with E-state index in [1.165, 1.54) is 6.07 Å². The summed E-state index contributed by atoms with van der Waals surface area (Å²) in [7, 11) is 1.82. The normalized spacial score (nSPS) is 9.93. The molecular formula is C11H15FN2.